The third-order valence-corrected chi connectivity index (χ3v) is 2.80. The van der Waals surface area contributed by atoms with Crippen molar-refractivity contribution in [3.8, 4) is 0 Å². The average Bonchev–Trinajstić information content (AvgIpc) is 2.48. The molecule has 1 saturated heterocycles. The molecule has 2 unspecified atom stereocenters. The van der Waals surface area contributed by atoms with Crippen molar-refractivity contribution >= 4 is 0 Å². The van der Waals surface area contributed by atoms with Crippen molar-refractivity contribution < 1.29 is 5.11 Å². The monoisotopic (exact) mass is 185 g/mol. The predicted molar refractivity (Wildman–Crippen MR) is 55.7 cm³/mol. The molecule has 1 fully saturated rings. The van der Waals surface area contributed by atoms with Crippen molar-refractivity contribution in [3.05, 3.63) is 0 Å². The van der Waals surface area contributed by atoms with E-state index < -0.39 is 0 Å². The normalized spacial score (nSPS) is 28.6. The molecule has 1 rings (SSSR count). The molecular formula is C11H23NO. The number of aliphatic hydroxyl groups is 1. The van der Waals surface area contributed by atoms with Crippen LogP contribution in [0.4, 0.5) is 0 Å². The lowest BCUT2D eigenvalue weighted by molar-refractivity contribution is 0.276. The van der Waals surface area contributed by atoms with E-state index >= 15 is 0 Å². The minimum absolute atomic E-state index is 0.340. The Morgan fingerprint density at radius 2 is 2.00 bits per heavy atom. The molecule has 2 N–H and O–H groups in total. The maximum atomic E-state index is 8.71. The highest BCUT2D eigenvalue weighted by atomic mass is 16.2. The Morgan fingerprint density at radius 1 is 1.31 bits per heavy atom. The summed E-state index contributed by atoms with van der Waals surface area (Å²) in [7, 11) is 0. The molecule has 1 aliphatic rings. The van der Waals surface area contributed by atoms with Gasteiger partial charge in [0.1, 0.15) is 0 Å². The summed E-state index contributed by atoms with van der Waals surface area (Å²) < 4.78 is 0. The van der Waals surface area contributed by atoms with Gasteiger partial charge < -0.3 is 10.4 Å². The highest BCUT2D eigenvalue weighted by molar-refractivity contribution is 4.83. The van der Waals surface area contributed by atoms with E-state index in [0.29, 0.717) is 12.6 Å². The number of rotatable bonds is 5. The quantitative estimate of drug-likeness (QED) is 0.686. The van der Waals surface area contributed by atoms with Gasteiger partial charge in [-0.15, -0.1) is 0 Å². The number of hydrogen-bond acceptors (Lipinski definition) is 2. The zero-order valence-electron chi connectivity index (χ0n) is 8.92. The van der Waals surface area contributed by atoms with Crippen LogP contribution in [-0.2, 0) is 0 Å². The van der Waals surface area contributed by atoms with Gasteiger partial charge in [0.2, 0.25) is 0 Å². The largest absolute Gasteiger partial charge is 0.396 e. The third-order valence-electron chi connectivity index (χ3n) is 2.80. The molecular weight excluding hydrogens is 162 g/mol. The van der Waals surface area contributed by atoms with Crippen LogP contribution < -0.4 is 5.32 Å². The summed E-state index contributed by atoms with van der Waals surface area (Å²) in [6, 6.07) is 1.42. The smallest absolute Gasteiger partial charge is 0.0431 e. The van der Waals surface area contributed by atoms with Crippen LogP contribution in [0.15, 0.2) is 0 Å². The standard InChI is InChI=1S/C11H23NO/c1-9(2)8-11-6-5-10(12-11)4-3-7-13/h9-13H,3-8H2,1-2H3. The van der Waals surface area contributed by atoms with Gasteiger partial charge in [-0.3, -0.25) is 0 Å². The number of hydrogen-bond donors (Lipinski definition) is 2. The molecule has 0 radical (unpaired) electrons. The summed E-state index contributed by atoms with van der Waals surface area (Å²) in [6.07, 6.45) is 6.03. The molecule has 0 amide bonds. The van der Waals surface area contributed by atoms with Crippen molar-refractivity contribution in [2.75, 3.05) is 6.61 Å². The Bertz CT molecular complexity index is 136. The molecule has 78 valence electrons. The SMILES string of the molecule is CC(C)CC1CCC(CCCO)N1. The molecule has 0 aromatic carbocycles. The highest BCUT2D eigenvalue weighted by Gasteiger charge is 2.23. The molecule has 0 spiro atoms. The van der Waals surface area contributed by atoms with Crippen molar-refractivity contribution in [2.24, 2.45) is 5.92 Å². The first kappa shape index (κ1) is 11.0. The first-order valence-corrected chi connectivity index (χ1v) is 5.59. The first-order chi connectivity index (χ1) is 6.22. The zero-order valence-corrected chi connectivity index (χ0v) is 8.92. The maximum absolute atomic E-state index is 8.71. The van der Waals surface area contributed by atoms with E-state index in [4.69, 9.17) is 5.11 Å². The molecule has 2 atom stereocenters. The van der Waals surface area contributed by atoms with Crippen molar-refractivity contribution in [1.29, 1.82) is 0 Å². The van der Waals surface area contributed by atoms with Crippen LogP contribution in [-0.4, -0.2) is 23.8 Å². The average molecular weight is 185 g/mol. The molecule has 13 heavy (non-hydrogen) atoms. The second-order valence-corrected chi connectivity index (χ2v) is 4.63. The van der Waals surface area contributed by atoms with Crippen LogP contribution >= 0.6 is 0 Å². The van der Waals surface area contributed by atoms with Gasteiger partial charge in [-0.25, -0.2) is 0 Å². The molecule has 2 heteroatoms. The summed E-state index contributed by atoms with van der Waals surface area (Å²) in [5.74, 6) is 0.800. The van der Waals surface area contributed by atoms with Crippen LogP contribution in [0.25, 0.3) is 0 Å². The zero-order chi connectivity index (χ0) is 9.68. The van der Waals surface area contributed by atoms with Gasteiger partial charge in [0.15, 0.2) is 0 Å². The van der Waals surface area contributed by atoms with Crippen LogP contribution in [0, 0.1) is 5.92 Å². The molecule has 1 aliphatic heterocycles. The van der Waals surface area contributed by atoms with Gasteiger partial charge in [0, 0.05) is 18.7 Å². The van der Waals surface area contributed by atoms with Crippen LogP contribution in [0.1, 0.15) is 46.0 Å². The minimum atomic E-state index is 0.340. The Labute approximate surface area is 81.7 Å². The second-order valence-electron chi connectivity index (χ2n) is 4.63. The van der Waals surface area contributed by atoms with Crippen LogP contribution in [0.3, 0.4) is 0 Å². The van der Waals surface area contributed by atoms with Crippen molar-refractivity contribution in [1.82, 2.24) is 5.32 Å². The first-order valence-electron chi connectivity index (χ1n) is 5.59. The van der Waals surface area contributed by atoms with Gasteiger partial charge >= 0.3 is 0 Å². The third kappa shape index (κ3) is 4.10. The van der Waals surface area contributed by atoms with Gasteiger partial charge in [0.25, 0.3) is 0 Å². The topological polar surface area (TPSA) is 32.3 Å². The predicted octanol–water partition coefficient (Wildman–Crippen LogP) is 1.93. The van der Waals surface area contributed by atoms with Gasteiger partial charge in [-0.05, 0) is 38.0 Å². The van der Waals surface area contributed by atoms with E-state index in [9.17, 15) is 0 Å². The van der Waals surface area contributed by atoms with Crippen LogP contribution in [0.5, 0.6) is 0 Å². The Kier molecular flexibility index (Phi) is 4.74. The molecule has 0 aromatic rings. The summed E-state index contributed by atoms with van der Waals surface area (Å²) in [6.45, 7) is 4.90. The Morgan fingerprint density at radius 3 is 2.62 bits per heavy atom. The van der Waals surface area contributed by atoms with E-state index in [-0.39, 0.29) is 0 Å². The maximum Gasteiger partial charge on any atom is 0.0431 e. The molecule has 1 heterocycles. The molecule has 0 aliphatic carbocycles. The van der Waals surface area contributed by atoms with Crippen LogP contribution in [0.2, 0.25) is 0 Å². The lowest BCUT2D eigenvalue weighted by Gasteiger charge is -2.15. The lowest BCUT2D eigenvalue weighted by atomic mass is 10.0. The second kappa shape index (κ2) is 5.61. The van der Waals surface area contributed by atoms with E-state index in [1.165, 1.54) is 19.3 Å². The van der Waals surface area contributed by atoms with E-state index in [1.54, 1.807) is 0 Å². The fraction of sp³-hybridized carbons (Fsp3) is 1.00. The van der Waals surface area contributed by atoms with E-state index in [1.807, 2.05) is 0 Å². The van der Waals surface area contributed by atoms with E-state index in [2.05, 4.69) is 19.2 Å². The van der Waals surface area contributed by atoms with Crippen molar-refractivity contribution in [3.63, 3.8) is 0 Å². The fourth-order valence-corrected chi connectivity index (χ4v) is 2.22. The highest BCUT2D eigenvalue weighted by Crippen LogP contribution is 2.20. The van der Waals surface area contributed by atoms with Gasteiger partial charge in [0.05, 0.1) is 0 Å². The lowest BCUT2D eigenvalue weighted by Crippen LogP contribution is -2.30. The summed E-state index contributed by atoms with van der Waals surface area (Å²) in [5.41, 5.74) is 0. The van der Waals surface area contributed by atoms with Gasteiger partial charge in [-0.2, -0.15) is 0 Å². The molecule has 0 saturated carbocycles. The van der Waals surface area contributed by atoms with Crippen molar-refractivity contribution in [2.45, 2.75) is 58.0 Å². The van der Waals surface area contributed by atoms with Gasteiger partial charge in [-0.1, -0.05) is 13.8 Å². The minimum Gasteiger partial charge on any atom is -0.396 e. The Balaban J connectivity index is 2.12. The fourth-order valence-electron chi connectivity index (χ4n) is 2.22. The molecule has 0 aromatic heterocycles. The summed E-state index contributed by atoms with van der Waals surface area (Å²) >= 11 is 0. The Hall–Kier alpha value is -0.0800. The van der Waals surface area contributed by atoms with E-state index in [0.717, 1.165) is 24.8 Å². The summed E-state index contributed by atoms with van der Waals surface area (Å²) in [5, 5.41) is 12.4. The summed E-state index contributed by atoms with van der Waals surface area (Å²) in [4.78, 5) is 0. The molecule has 2 nitrogen and oxygen atoms in total. The number of aliphatic hydroxyl groups excluding tert-OH is 1. The molecule has 0 bridgehead atoms. The number of nitrogens with one attached hydrogen (secondary N) is 1.